The number of aryl methyl sites for hydroxylation is 1. The van der Waals surface area contributed by atoms with Crippen LogP contribution in [-0.2, 0) is 15.9 Å². The van der Waals surface area contributed by atoms with E-state index >= 15 is 0 Å². The summed E-state index contributed by atoms with van der Waals surface area (Å²) in [5, 5.41) is 13.5. The number of ether oxygens (including phenoxy) is 2. The lowest BCUT2D eigenvalue weighted by atomic mass is 10.0. The van der Waals surface area contributed by atoms with Crippen LogP contribution in [0.2, 0.25) is 0 Å². The second kappa shape index (κ2) is 9.42. The predicted molar refractivity (Wildman–Crippen MR) is 110 cm³/mol. The highest BCUT2D eigenvalue weighted by atomic mass is 32.1. The molecule has 27 heavy (non-hydrogen) atoms. The van der Waals surface area contributed by atoms with Crippen LogP contribution in [0.25, 0.3) is 6.08 Å². The molecule has 2 aromatic rings. The molecule has 5 heteroatoms. The van der Waals surface area contributed by atoms with Crippen LogP contribution in [0.5, 0.6) is 0 Å². The number of benzene rings is 1. The minimum atomic E-state index is -0.492. The Bertz CT molecular complexity index is 818. The average Bonchev–Trinajstić information content (AvgIpc) is 3.32. The Balaban J connectivity index is 1.57. The highest BCUT2D eigenvalue weighted by Crippen LogP contribution is 2.24. The fourth-order valence-corrected chi connectivity index (χ4v) is 3.64. The zero-order chi connectivity index (χ0) is 19.2. The van der Waals surface area contributed by atoms with Crippen molar-refractivity contribution in [2.75, 3.05) is 13.2 Å². The third-order valence-corrected chi connectivity index (χ3v) is 5.35. The van der Waals surface area contributed by atoms with Crippen LogP contribution in [0.15, 0.2) is 46.9 Å². The molecule has 1 N–H and O–H groups in total. The Hall–Kier alpha value is -1.79. The largest absolute Gasteiger partial charge is 0.388 e. The smallest absolute Gasteiger partial charge is 0.184 e. The zero-order valence-corrected chi connectivity index (χ0v) is 17.0. The van der Waals surface area contributed by atoms with Gasteiger partial charge in [-0.25, -0.2) is 4.98 Å². The van der Waals surface area contributed by atoms with Gasteiger partial charge in [0.05, 0.1) is 30.0 Å². The summed E-state index contributed by atoms with van der Waals surface area (Å²) in [4.78, 5) is 4.42. The third kappa shape index (κ3) is 5.84. The molecule has 0 bridgehead atoms. The van der Waals surface area contributed by atoms with Crippen molar-refractivity contribution in [3.63, 3.8) is 0 Å². The minimum Gasteiger partial charge on any atom is -0.388 e. The molecule has 1 saturated heterocycles. The molecule has 2 heterocycles. The van der Waals surface area contributed by atoms with Crippen molar-refractivity contribution in [1.29, 1.82) is 0 Å². The van der Waals surface area contributed by atoms with E-state index in [1.807, 2.05) is 37.4 Å². The molecule has 0 spiro atoms. The van der Waals surface area contributed by atoms with Gasteiger partial charge >= 0.3 is 0 Å². The number of rotatable bonds is 7. The van der Waals surface area contributed by atoms with Crippen LogP contribution in [-0.4, -0.2) is 29.4 Å². The van der Waals surface area contributed by atoms with Crippen molar-refractivity contribution in [3.05, 3.63) is 68.7 Å². The molecule has 4 nitrogen and oxygen atoms in total. The summed E-state index contributed by atoms with van der Waals surface area (Å²) in [6.07, 6.45) is 4.80. The van der Waals surface area contributed by atoms with E-state index in [-0.39, 0.29) is 6.29 Å². The average molecular weight is 386 g/mol. The number of nitrogens with zero attached hydrogens (tertiary/aromatic N) is 1. The fourth-order valence-electron chi connectivity index (χ4n) is 3.07. The van der Waals surface area contributed by atoms with E-state index in [0.717, 1.165) is 28.3 Å². The van der Waals surface area contributed by atoms with Crippen LogP contribution < -0.4 is 0 Å². The molecule has 1 fully saturated rings. The first kappa shape index (κ1) is 20.0. The van der Waals surface area contributed by atoms with Gasteiger partial charge in [0.2, 0.25) is 0 Å². The molecule has 144 valence electrons. The Morgan fingerprint density at radius 3 is 2.81 bits per heavy atom. The first-order chi connectivity index (χ1) is 13.0. The van der Waals surface area contributed by atoms with E-state index in [2.05, 4.69) is 30.1 Å². The van der Waals surface area contributed by atoms with Crippen molar-refractivity contribution in [3.8, 4) is 0 Å². The van der Waals surface area contributed by atoms with Gasteiger partial charge in [-0.15, -0.1) is 11.3 Å². The number of hydrogen-bond donors (Lipinski definition) is 1. The number of aromatic nitrogens is 1. The first-order valence-corrected chi connectivity index (χ1v) is 10.2. The summed E-state index contributed by atoms with van der Waals surface area (Å²) in [5.41, 5.74) is 5.37. The number of allylic oxidation sites excluding steroid dienone is 1. The van der Waals surface area contributed by atoms with Gasteiger partial charge < -0.3 is 14.6 Å². The van der Waals surface area contributed by atoms with Crippen molar-refractivity contribution in [2.24, 2.45) is 0 Å². The molecule has 0 amide bonds. The Morgan fingerprint density at radius 2 is 2.11 bits per heavy atom. The van der Waals surface area contributed by atoms with E-state index in [0.29, 0.717) is 19.6 Å². The summed E-state index contributed by atoms with van der Waals surface area (Å²) in [6.45, 7) is 7.34. The summed E-state index contributed by atoms with van der Waals surface area (Å²) >= 11 is 1.62. The van der Waals surface area contributed by atoms with Gasteiger partial charge in [-0.2, -0.15) is 0 Å². The summed E-state index contributed by atoms with van der Waals surface area (Å²) in [7, 11) is 0. The zero-order valence-electron chi connectivity index (χ0n) is 16.1. The van der Waals surface area contributed by atoms with Crippen LogP contribution in [0.1, 0.15) is 48.4 Å². The maximum absolute atomic E-state index is 10.4. The van der Waals surface area contributed by atoms with Gasteiger partial charge in [-0.1, -0.05) is 35.9 Å². The maximum Gasteiger partial charge on any atom is 0.184 e. The van der Waals surface area contributed by atoms with Gasteiger partial charge in [0.1, 0.15) is 0 Å². The number of hydrogen-bond acceptors (Lipinski definition) is 5. The van der Waals surface area contributed by atoms with Gasteiger partial charge in [0, 0.05) is 10.9 Å². The van der Waals surface area contributed by atoms with Crippen molar-refractivity contribution in [2.45, 2.75) is 46.0 Å². The van der Waals surface area contributed by atoms with Crippen LogP contribution >= 0.6 is 11.3 Å². The number of aliphatic hydroxyl groups excluding tert-OH is 1. The summed E-state index contributed by atoms with van der Waals surface area (Å²) < 4.78 is 11.1. The summed E-state index contributed by atoms with van der Waals surface area (Å²) in [6, 6.07) is 8.33. The molecule has 1 aliphatic rings. The van der Waals surface area contributed by atoms with E-state index < -0.39 is 6.10 Å². The van der Waals surface area contributed by atoms with Crippen LogP contribution in [0, 0.1) is 6.92 Å². The first-order valence-electron chi connectivity index (χ1n) is 9.27. The minimum absolute atomic E-state index is 0.238. The molecule has 1 aliphatic heterocycles. The summed E-state index contributed by atoms with van der Waals surface area (Å²) in [5.74, 6) is 0. The third-order valence-electron chi connectivity index (χ3n) is 4.56. The highest BCUT2D eigenvalue weighted by Gasteiger charge is 2.18. The molecule has 0 aliphatic carbocycles. The molecule has 0 saturated carbocycles. The van der Waals surface area contributed by atoms with Gasteiger partial charge in [-0.05, 0) is 50.8 Å². The quantitative estimate of drug-likeness (QED) is 0.693. The van der Waals surface area contributed by atoms with Crippen molar-refractivity contribution >= 4 is 17.4 Å². The Labute approximate surface area is 165 Å². The lowest BCUT2D eigenvalue weighted by Crippen LogP contribution is -2.07. The highest BCUT2D eigenvalue weighted by molar-refractivity contribution is 7.09. The molecular formula is C22H27NO3S. The van der Waals surface area contributed by atoms with Crippen LogP contribution in [0.4, 0.5) is 0 Å². The van der Waals surface area contributed by atoms with Gasteiger partial charge in [0.25, 0.3) is 0 Å². The van der Waals surface area contributed by atoms with Crippen molar-refractivity contribution in [1.82, 2.24) is 4.98 Å². The van der Waals surface area contributed by atoms with E-state index in [9.17, 15) is 5.11 Å². The molecule has 1 atom stereocenters. The standard InChI is InChI=1S/C22H27NO3S/c1-15(7-8-21(24)16(2)12-20-14-27-17(3)23-20)11-18-5-4-6-19(13-18)22-25-9-10-26-22/h4-7,12-14,21-22,24H,8-11H2,1-3H3/b15-7-,16-12+/t21-/m0/s1. The predicted octanol–water partition coefficient (Wildman–Crippen LogP) is 4.84. The van der Waals surface area contributed by atoms with E-state index in [4.69, 9.17) is 9.47 Å². The van der Waals surface area contributed by atoms with Crippen molar-refractivity contribution < 1.29 is 14.6 Å². The molecular weight excluding hydrogens is 358 g/mol. The Morgan fingerprint density at radius 1 is 1.33 bits per heavy atom. The van der Waals surface area contributed by atoms with Gasteiger partial charge in [0.15, 0.2) is 6.29 Å². The van der Waals surface area contributed by atoms with Crippen LogP contribution in [0.3, 0.4) is 0 Å². The lowest BCUT2D eigenvalue weighted by Gasteiger charge is -2.12. The molecule has 0 unspecified atom stereocenters. The second-order valence-corrected chi connectivity index (χ2v) is 8.04. The Kier molecular flexibility index (Phi) is 6.96. The lowest BCUT2D eigenvalue weighted by molar-refractivity contribution is -0.0441. The molecule has 0 radical (unpaired) electrons. The molecule has 1 aromatic carbocycles. The maximum atomic E-state index is 10.4. The fraction of sp³-hybridized carbons (Fsp3) is 0.409. The number of aliphatic hydroxyl groups is 1. The van der Waals surface area contributed by atoms with E-state index in [1.165, 1.54) is 11.1 Å². The molecule has 3 rings (SSSR count). The van der Waals surface area contributed by atoms with Gasteiger partial charge in [-0.3, -0.25) is 0 Å². The SMILES string of the molecule is C/C(=C/C[C@H](O)/C(C)=C/c1csc(C)n1)Cc1cccc(C2OCCO2)c1. The number of thiazole rings is 1. The topological polar surface area (TPSA) is 51.6 Å². The normalized spacial score (nSPS) is 17.5. The molecule has 1 aromatic heterocycles. The van der Waals surface area contributed by atoms with E-state index in [1.54, 1.807) is 11.3 Å². The second-order valence-electron chi connectivity index (χ2n) is 6.98. The monoisotopic (exact) mass is 385 g/mol.